The number of alkyl halides is 1. The van der Waals surface area contributed by atoms with Crippen molar-refractivity contribution in [1.29, 1.82) is 0 Å². The maximum Gasteiger partial charge on any atom is 0.143 e. The van der Waals surface area contributed by atoms with Gasteiger partial charge >= 0.3 is 0 Å². The summed E-state index contributed by atoms with van der Waals surface area (Å²) in [6.07, 6.45) is 0. The fourth-order valence-corrected chi connectivity index (χ4v) is 0. The summed E-state index contributed by atoms with van der Waals surface area (Å²) in [4.78, 5) is 10.1. The molecule has 6 heavy (non-hydrogen) atoms. The predicted octanol–water partition coefficient (Wildman–Crippen LogP) is 1.36. The van der Waals surface area contributed by atoms with Gasteiger partial charge < -0.3 is 0 Å². The van der Waals surface area contributed by atoms with Crippen molar-refractivity contribution >= 4 is 21.7 Å². The molecule has 0 spiro atoms. The Bertz CT molecular complexity index is 58.6. The van der Waals surface area contributed by atoms with Gasteiger partial charge in [0, 0.05) is 0 Å². The van der Waals surface area contributed by atoms with Gasteiger partial charge in [-0.15, -0.1) is 0 Å². The largest absolute Gasteiger partial charge is 0.299 e. The van der Waals surface area contributed by atoms with Gasteiger partial charge in [0.1, 0.15) is 5.78 Å². The van der Waals surface area contributed by atoms with E-state index in [1.165, 1.54) is 0 Å². The van der Waals surface area contributed by atoms with Crippen molar-refractivity contribution in [3.05, 3.63) is 0 Å². The van der Waals surface area contributed by atoms with Crippen LogP contribution in [0, 0.1) is 0 Å². The van der Waals surface area contributed by atoms with Crippen LogP contribution >= 0.6 is 15.9 Å². The first-order valence-electron chi connectivity index (χ1n) is 1.79. The standard InChI is InChI=1S/C4H7BrO/c1-3(5)4(2)6/h3H,1-2H3/t3-/m0/s1. The molecule has 0 fully saturated rings. The van der Waals surface area contributed by atoms with Crippen molar-refractivity contribution in [3.63, 3.8) is 0 Å². The number of halogens is 1. The maximum absolute atomic E-state index is 10.1. The molecule has 0 aromatic heterocycles. The first-order chi connectivity index (χ1) is 2.64. The first-order valence-corrected chi connectivity index (χ1v) is 2.70. The predicted molar refractivity (Wildman–Crippen MR) is 29.1 cm³/mol. The van der Waals surface area contributed by atoms with Gasteiger partial charge in [-0.3, -0.25) is 4.79 Å². The molecule has 0 aliphatic rings. The van der Waals surface area contributed by atoms with Crippen molar-refractivity contribution in [2.45, 2.75) is 18.7 Å². The highest BCUT2D eigenvalue weighted by atomic mass is 79.9. The molecule has 0 aliphatic carbocycles. The molecule has 0 saturated carbocycles. The molecule has 36 valence electrons. The molecular formula is C4H7BrO. The highest BCUT2D eigenvalue weighted by Crippen LogP contribution is 1.95. The molecule has 0 aromatic carbocycles. The lowest BCUT2D eigenvalue weighted by molar-refractivity contribution is -0.116. The number of hydrogen-bond donors (Lipinski definition) is 0. The van der Waals surface area contributed by atoms with Crippen LogP contribution in [0.2, 0.25) is 0 Å². The zero-order valence-corrected chi connectivity index (χ0v) is 5.45. The van der Waals surface area contributed by atoms with Gasteiger partial charge in [-0.1, -0.05) is 15.9 Å². The van der Waals surface area contributed by atoms with Crippen LogP contribution in [0.1, 0.15) is 13.8 Å². The summed E-state index contributed by atoms with van der Waals surface area (Å²) in [5.74, 6) is 0.176. The van der Waals surface area contributed by atoms with Crippen LogP contribution in [0.3, 0.4) is 0 Å². The number of carbonyl (C=O) groups excluding carboxylic acids is 1. The Morgan fingerprint density at radius 2 is 2.00 bits per heavy atom. The SMILES string of the molecule is CC(=O)[C@H](C)Br. The zero-order chi connectivity index (χ0) is 5.15. The Hall–Kier alpha value is 0.150. The smallest absolute Gasteiger partial charge is 0.143 e. The van der Waals surface area contributed by atoms with Crippen LogP contribution in [-0.4, -0.2) is 10.6 Å². The Morgan fingerprint density at radius 3 is 2.00 bits per heavy atom. The molecule has 1 nitrogen and oxygen atoms in total. The fourth-order valence-electron chi connectivity index (χ4n) is 0. The zero-order valence-electron chi connectivity index (χ0n) is 3.86. The minimum atomic E-state index is 0.0255. The lowest BCUT2D eigenvalue weighted by Crippen LogP contribution is -2.01. The van der Waals surface area contributed by atoms with E-state index in [0.717, 1.165) is 0 Å². The van der Waals surface area contributed by atoms with Gasteiger partial charge in [-0.25, -0.2) is 0 Å². The van der Waals surface area contributed by atoms with Crippen molar-refractivity contribution in [3.8, 4) is 0 Å². The molecule has 0 N–H and O–H groups in total. The van der Waals surface area contributed by atoms with Gasteiger partial charge in [0.15, 0.2) is 0 Å². The second-order valence-corrected chi connectivity index (χ2v) is 2.60. The Labute approximate surface area is 45.9 Å². The third-order valence-corrected chi connectivity index (χ3v) is 1.20. The maximum atomic E-state index is 10.1. The Kier molecular flexibility index (Phi) is 2.40. The van der Waals surface area contributed by atoms with Gasteiger partial charge in [-0.2, -0.15) is 0 Å². The van der Waals surface area contributed by atoms with Gasteiger partial charge in [0.05, 0.1) is 4.83 Å². The van der Waals surface area contributed by atoms with E-state index < -0.39 is 0 Å². The van der Waals surface area contributed by atoms with Crippen LogP contribution in [0.25, 0.3) is 0 Å². The van der Waals surface area contributed by atoms with E-state index in [-0.39, 0.29) is 10.6 Å². The molecule has 0 amide bonds. The number of ketones is 1. The van der Waals surface area contributed by atoms with E-state index >= 15 is 0 Å². The van der Waals surface area contributed by atoms with Crippen molar-refractivity contribution in [1.82, 2.24) is 0 Å². The lowest BCUT2D eigenvalue weighted by atomic mass is 10.4. The molecule has 0 unspecified atom stereocenters. The summed E-state index contributed by atoms with van der Waals surface area (Å²) in [5.41, 5.74) is 0. The Morgan fingerprint density at radius 1 is 1.83 bits per heavy atom. The molecular weight excluding hydrogens is 144 g/mol. The number of hydrogen-bond acceptors (Lipinski definition) is 1. The minimum Gasteiger partial charge on any atom is -0.299 e. The lowest BCUT2D eigenvalue weighted by Gasteiger charge is -1.88. The number of rotatable bonds is 1. The summed E-state index contributed by atoms with van der Waals surface area (Å²) >= 11 is 3.09. The van der Waals surface area contributed by atoms with Crippen LogP contribution in [0.4, 0.5) is 0 Å². The van der Waals surface area contributed by atoms with Gasteiger partial charge in [-0.05, 0) is 13.8 Å². The average molecular weight is 151 g/mol. The number of Topliss-reactive ketones (excluding diaryl/α,β-unsaturated/α-hetero) is 1. The molecule has 0 radical (unpaired) electrons. The molecule has 0 bridgehead atoms. The van der Waals surface area contributed by atoms with E-state index in [1.54, 1.807) is 6.92 Å². The molecule has 1 atom stereocenters. The normalized spacial score (nSPS) is 13.8. The summed E-state index contributed by atoms with van der Waals surface area (Å²) in [5, 5.41) is 0. The van der Waals surface area contributed by atoms with Crippen molar-refractivity contribution in [2.75, 3.05) is 0 Å². The summed E-state index contributed by atoms with van der Waals surface area (Å²) < 4.78 is 0. The number of carbonyl (C=O) groups is 1. The molecule has 0 rings (SSSR count). The van der Waals surface area contributed by atoms with Crippen LogP contribution in [0.15, 0.2) is 0 Å². The van der Waals surface area contributed by atoms with Crippen LogP contribution < -0.4 is 0 Å². The van der Waals surface area contributed by atoms with E-state index in [4.69, 9.17) is 0 Å². The monoisotopic (exact) mass is 150 g/mol. The highest BCUT2D eigenvalue weighted by molar-refractivity contribution is 9.10. The molecule has 0 aliphatic heterocycles. The summed E-state index contributed by atoms with van der Waals surface area (Å²) in [6, 6.07) is 0. The molecule has 0 aromatic rings. The highest BCUT2D eigenvalue weighted by Gasteiger charge is 1.97. The molecule has 0 heterocycles. The summed E-state index contributed by atoms with van der Waals surface area (Å²) in [7, 11) is 0. The quantitative estimate of drug-likeness (QED) is 0.517. The minimum absolute atomic E-state index is 0.0255. The van der Waals surface area contributed by atoms with E-state index in [2.05, 4.69) is 15.9 Å². The fraction of sp³-hybridized carbons (Fsp3) is 0.750. The van der Waals surface area contributed by atoms with E-state index in [1.807, 2.05) is 6.92 Å². The van der Waals surface area contributed by atoms with Crippen molar-refractivity contribution in [2.24, 2.45) is 0 Å². The van der Waals surface area contributed by atoms with Crippen LogP contribution in [-0.2, 0) is 4.79 Å². The summed E-state index contributed by atoms with van der Waals surface area (Å²) in [6.45, 7) is 3.36. The molecule has 0 saturated heterocycles. The average Bonchev–Trinajstić information content (AvgIpc) is 1.36. The van der Waals surface area contributed by atoms with Crippen molar-refractivity contribution < 1.29 is 4.79 Å². The van der Waals surface area contributed by atoms with Gasteiger partial charge in [0.25, 0.3) is 0 Å². The van der Waals surface area contributed by atoms with E-state index in [0.29, 0.717) is 0 Å². The third-order valence-electron chi connectivity index (χ3n) is 0.560. The third kappa shape index (κ3) is 2.39. The first kappa shape index (κ1) is 6.15. The van der Waals surface area contributed by atoms with Crippen LogP contribution in [0.5, 0.6) is 0 Å². The molecule has 2 heteroatoms. The second-order valence-electron chi connectivity index (χ2n) is 1.23. The van der Waals surface area contributed by atoms with E-state index in [9.17, 15) is 4.79 Å². The Balaban J connectivity index is 3.26. The topological polar surface area (TPSA) is 17.1 Å². The second kappa shape index (κ2) is 2.35. The van der Waals surface area contributed by atoms with Gasteiger partial charge in [0.2, 0.25) is 0 Å².